The molecule has 1 atom stereocenters. The van der Waals surface area contributed by atoms with Crippen LogP contribution in [-0.2, 0) is 12.8 Å². The number of benzene rings is 2. The molecular weight excluding hydrogens is 312 g/mol. The van der Waals surface area contributed by atoms with Crippen molar-refractivity contribution in [2.24, 2.45) is 0 Å². The molecule has 1 unspecified atom stereocenters. The molecule has 134 valence electrons. The van der Waals surface area contributed by atoms with Gasteiger partial charge in [-0.2, -0.15) is 0 Å². The first kappa shape index (κ1) is 17.7. The zero-order valence-corrected chi connectivity index (χ0v) is 15.5. The SMILES string of the molecule is CCCCc1c(OCC)ccc2c1OCC(c1ccc(C)cc1O)C2. The number of rotatable bonds is 6. The Morgan fingerprint density at radius 1 is 1.20 bits per heavy atom. The van der Waals surface area contributed by atoms with E-state index in [4.69, 9.17) is 9.47 Å². The molecule has 0 saturated heterocycles. The van der Waals surface area contributed by atoms with E-state index in [0.29, 0.717) is 19.0 Å². The summed E-state index contributed by atoms with van der Waals surface area (Å²) in [5.41, 5.74) is 4.46. The van der Waals surface area contributed by atoms with Gasteiger partial charge in [-0.15, -0.1) is 0 Å². The summed E-state index contributed by atoms with van der Waals surface area (Å²) >= 11 is 0. The topological polar surface area (TPSA) is 38.7 Å². The standard InChI is InChI=1S/C22H28O3/c1-4-6-7-19-21(24-5-2)11-9-16-13-17(14-25-22(16)19)18-10-8-15(3)12-20(18)23/h8-12,17,23H,4-7,13-14H2,1-3H3. The molecule has 1 N–H and O–H groups in total. The van der Waals surface area contributed by atoms with E-state index in [9.17, 15) is 5.11 Å². The highest BCUT2D eigenvalue weighted by Gasteiger charge is 2.26. The van der Waals surface area contributed by atoms with Gasteiger partial charge in [0, 0.05) is 17.0 Å². The van der Waals surface area contributed by atoms with Gasteiger partial charge in [0.15, 0.2) is 0 Å². The van der Waals surface area contributed by atoms with E-state index in [-0.39, 0.29) is 5.92 Å². The van der Waals surface area contributed by atoms with E-state index in [1.54, 1.807) is 0 Å². The number of phenols is 1. The molecule has 0 aliphatic carbocycles. The zero-order chi connectivity index (χ0) is 17.8. The fraction of sp³-hybridized carbons (Fsp3) is 0.455. The minimum atomic E-state index is 0.185. The van der Waals surface area contributed by atoms with Gasteiger partial charge in [-0.3, -0.25) is 0 Å². The highest BCUT2D eigenvalue weighted by molar-refractivity contribution is 5.52. The predicted molar refractivity (Wildman–Crippen MR) is 101 cm³/mol. The molecule has 0 spiro atoms. The summed E-state index contributed by atoms with van der Waals surface area (Å²) in [7, 11) is 0. The van der Waals surface area contributed by atoms with Crippen LogP contribution in [0.3, 0.4) is 0 Å². The molecule has 0 radical (unpaired) electrons. The minimum Gasteiger partial charge on any atom is -0.508 e. The average molecular weight is 340 g/mol. The van der Waals surface area contributed by atoms with Gasteiger partial charge in [0.1, 0.15) is 17.2 Å². The highest BCUT2D eigenvalue weighted by atomic mass is 16.5. The molecule has 0 bridgehead atoms. The Labute approximate surface area is 150 Å². The molecule has 3 heteroatoms. The molecule has 2 aromatic rings. The average Bonchev–Trinajstić information content (AvgIpc) is 2.60. The Morgan fingerprint density at radius 3 is 2.76 bits per heavy atom. The van der Waals surface area contributed by atoms with Crippen molar-refractivity contribution in [3.8, 4) is 17.2 Å². The third kappa shape index (κ3) is 3.76. The molecule has 3 nitrogen and oxygen atoms in total. The molecule has 1 heterocycles. The van der Waals surface area contributed by atoms with Crippen LogP contribution in [0.2, 0.25) is 0 Å². The normalized spacial score (nSPS) is 16.2. The van der Waals surface area contributed by atoms with Gasteiger partial charge >= 0.3 is 0 Å². The first-order valence-corrected chi connectivity index (χ1v) is 9.33. The van der Waals surface area contributed by atoms with Gasteiger partial charge in [0.2, 0.25) is 0 Å². The summed E-state index contributed by atoms with van der Waals surface area (Å²) in [6.07, 6.45) is 4.14. The first-order chi connectivity index (χ1) is 12.1. The van der Waals surface area contributed by atoms with Crippen LogP contribution in [-0.4, -0.2) is 18.3 Å². The van der Waals surface area contributed by atoms with Gasteiger partial charge in [-0.05, 0) is 56.4 Å². The molecule has 1 aliphatic heterocycles. The van der Waals surface area contributed by atoms with Crippen LogP contribution < -0.4 is 9.47 Å². The van der Waals surface area contributed by atoms with Gasteiger partial charge in [0.25, 0.3) is 0 Å². The lowest BCUT2D eigenvalue weighted by Crippen LogP contribution is -2.21. The Balaban J connectivity index is 1.90. The molecular formula is C22H28O3. The van der Waals surface area contributed by atoms with Crippen LogP contribution in [0, 0.1) is 6.92 Å². The number of aromatic hydroxyl groups is 1. The van der Waals surface area contributed by atoms with Crippen molar-refractivity contribution in [1.82, 2.24) is 0 Å². The van der Waals surface area contributed by atoms with Crippen molar-refractivity contribution in [3.63, 3.8) is 0 Å². The van der Waals surface area contributed by atoms with Crippen LogP contribution in [0.25, 0.3) is 0 Å². The van der Waals surface area contributed by atoms with Crippen LogP contribution >= 0.6 is 0 Å². The van der Waals surface area contributed by atoms with Crippen molar-refractivity contribution < 1.29 is 14.6 Å². The Hall–Kier alpha value is -2.16. The monoisotopic (exact) mass is 340 g/mol. The van der Waals surface area contributed by atoms with E-state index in [1.807, 2.05) is 26.0 Å². The Kier molecular flexibility index (Phi) is 5.52. The second kappa shape index (κ2) is 7.81. The Bertz CT molecular complexity index is 736. The maximum Gasteiger partial charge on any atom is 0.129 e. The zero-order valence-electron chi connectivity index (χ0n) is 15.5. The van der Waals surface area contributed by atoms with E-state index >= 15 is 0 Å². The number of ether oxygens (including phenoxy) is 2. The second-order valence-electron chi connectivity index (χ2n) is 6.84. The van der Waals surface area contributed by atoms with Crippen LogP contribution in [0.15, 0.2) is 30.3 Å². The fourth-order valence-corrected chi connectivity index (χ4v) is 3.59. The lowest BCUT2D eigenvalue weighted by Gasteiger charge is -2.29. The van der Waals surface area contributed by atoms with Crippen LogP contribution in [0.1, 0.15) is 54.9 Å². The van der Waals surface area contributed by atoms with Crippen molar-refractivity contribution in [1.29, 1.82) is 0 Å². The Morgan fingerprint density at radius 2 is 2.04 bits per heavy atom. The summed E-state index contributed by atoms with van der Waals surface area (Å²) in [6.45, 7) is 7.47. The maximum atomic E-state index is 10.3. The third-order valence-corrected chi connectivity index (χ3v) is 4.90. The molecule has 2 aromatic carbocycles. The molecule has 0 amide bonds. The predicted octanol–water partition coefficient (Wildman–Crippen LogP) is 5.16. The second-order valence-corrected chi connectivity index (χ2v) is 6.84. The van der Waals surface area contributed by atoms with E-state index in [2.05, 4.69) is 25.1 Å². The fourth-order valence-electron chi connectivity index (χ4n) is 3.59. The molecule has 0 saturated carbocycles. The van der Waals surface area contributed by atoms with Crippen LogP contribution in [0.4, 0.5) is 0 Å². The molecule has 0 fully saturated rings. The number of hydrogen-bond acceptors (Lipinski definition) is 3. The molecule has 1 aliphatic rings. The summed E-state index contributed by atoms with van der Waals surface area (Å²) in [5, 5.41) is 10.3. The largest absolute Gasteiger partial charge is 0.508 e. The lowest BCUT2D eigenvalue weighted by molar-refractivity contribution is 0.253. The minimum absolute atomic E-state index is 0.185. The van der Waals surface area contributed by atoms with E-state index < -0.39 is 0 Å². The number of phenolic OH excluding ortho intramolecular Hbond substituents is 1. The molecule has 25 heavy (non-hydrogen) atoms. The van der Waals surface area contributed by atoms with Crippen LogP contribution in [0.5, 0.6) is 17.2 Å². The highest BCUT2D eigenvalue weighted by Crippen LogP contribution is 2.41. The van der Waals surface area contributed by atoms with E-state index in [1.165, 1.54) is 11.1 Å². The summed E-state index contributed by atoms with van der Waals surface area (Å²) < 4.78 is 12.0. The lowest BCUT2D eigenvalue weighted by atomic mass is 9.87. The van der Waals surface area contributed by atoms with Gasteiger partial charge in [-0.25, -0.2) is 0 Å². The number of unbranched alkanes of at least 4 members (excludes halogenated alkanes) is 1. The van der Waals surface area contributed by atoms with Crippen molar-refractivity contribution in [3.05, 3.63) is 52.6 Å². The summed E-state index contributed by atoms with van der Waals surface area (Å²) in [6, 6.07) is 10.1. The van der Waals surface area contributed by atoms with E-state index in [0.717, 1.165) is 48.3 Å². The quantitative estimate of drug-likeness (QED) is 0.789. The number of fused-ring (bicyclic) bond motifs is 1. The summed E-state index contributed by atoms with van der Waals surface area (Å²) in [4.78, 5) is 0. The molecule has 3 rings (SSSR count). The van der Waals surface area contributed by atoms with Gasteiger partial charge in [-0.1, -0.05) is 31.5 Å². The number of hydrogen-bond donors (Lipinski definition) is 1. The third-order valence-electron chi connectivity index (χ3n) is 4.90. The summed E-state index contributed by atoms with van der Waals surface area (Å²) in [5.74, 6) is 2.51. The van der Waals surface area contributed by atoms with Crippen molar-refractivity contribution in [2.75, 3.05) is 13.2 Å². The number of aryl methyl sites for hydroxylation is 1. The smallest absolute Gasteiger partial charge is 0.129 e. The van der Waals surface area contributed by atoms with Crippen molar-refractivity contribution in [2.45, 2.75) is 52.4 Å². The first-order valence-electron chi connectivity index (χ1n) is 9.33. The molecule has 0 aromatic heterocycles. The van der Waals surface area contributed by atoms with Gasteiger partial charge < -0.3 is 14.6 Å². The van der Waals surface area contributed by atoms with Crippen molar-refractivity contribution >= 4 is 0 Å². The van der Waals surface area contributed by atoms with Gasteiger partial charge in [0.05, 0.1) is 13.2 Å². The maximum absolute atomic E-state index is 10.3.